The van der Waals surface area contributed by atoms with E-state index in [-0.39, 0.29) is 12.1 Å². The van der Waals surface area contributed by atoms with Gasteiger partial charge in [-0.15, -0.1) is 0 Å². The van der Waals surface area contributed by atoms with Crippen LogP contribution in [0, 0.1) is 0 Å². The third kappa shape index (κ3) is 5.34. The molecule has 0 saturated carbocycles. The zero-order chi connectivity index (χ0) is 19.9. The minimum Gasteiger partial charge on any atom is -0.366 e. The van der Waals surface area contributed by atoms with Crippen LogP contribution >= 0.6 is 22.9 Å². The Kier molecular flexibility index (Phi) is 6.68. The quantitative estimate of drug-likeness (QED) is 0.544. The van der Waals surface area contributed by atoms with Gasteiger partial charge in [0.15, 0.2) is 0 Å². The summed E-state index contributed by atoms with van der Waals surface area (Å²) in [6.45, 7) is 0.436. The van der Waals surface area contributed by atoms with Crippen molar-refractivity contribution < 1.29 is 9.59 Å². The fourth-order valence-electron chi connectivity index (χ4n) is 2.84. The van der Waals surface area contributed by atoms with E-state index in [1.54, 1.807) is 29.5 Å². The van der Waals surface area contributed by atoms with Gasteiger partial charge in [-0.1, -0.05) is 35.9 Å². The Morgan fingerprint density at radius 2 is 1.86 bits per heavy atom. The molecule has 1 aromatic heterocycles. The highest BCUT2D eigenvalue weighted by atomic mass is 35.5. The number of nitrogens with two attached hydrogens (primary N) is 1. The van der Waals surface area contributed by atoms with Crippen LogP contribution in [-0.4, -0.2) is 18.5 Å². The predicted octanol–water partition coefficient (Wildman–Crippen LogP) is 4.13. The summed E-state index contributed by atoms with van der Waals surface area (Å²) in [5.41, 5.74) is 8.66. The summed E-state index contributed by atoms with van der Waals surface area (Å²) in [7, 11) is 0. The van der Waals surface area contributed by atoms with Crippen LogP contribution < -0.4 is 16.4 Å². The molecule has 0 fully saturated rings. The molecule has 1 atom stereocenters. The zero-order valence-corrected chi connectivity index (χ0v) is 16.6. The molecule has 0 radical (unpaired) electrons. The van der Waals surface area contributed by atoms with Gasteiger partial charge in [0, 0.05) is 17.1 Å². The van der Waals surface area contributed by atoms with E-state index in [1.807, 2.05) is 47.2 Å². The fraction of sp³-hybridized carbons (Fsp3) is 0.143. The molecule has 1 unspecified atom stereocenters. The Hall–Kier alpha value is -2.83. The van der Waals surface area contributed by atoms with E-state index in [2.05, 4.69) is 10.6 Å². The lowest BCUT2D eigenvalue weighted by molar-refractivity contribution is 0.1000. The van der Waals surface area contributed by atoms with E-state index in [9.17, 15) is 9.59 Å². The smallest absolute Gasteiger partial charge is 0.315 e. The van der Waals surface area contributed by atoms with Gasteiger partial charge in [0.25, 0.3) is 0 Å². The van der Waals surface area contributed by atoms with Crippen LogP contribution in [0.2, 0.25) is 5.02 Å². The van der Waals surface area contributed by atoms with E-state index >= 15 is 0 Å². The second kappa shape index (κ2) is 9.39. The van der Waals surface area contributed by atoms with Crippen LogP contribution in [0.1, 0.15) is 33.1 Å². The molecule has 7 heteroatoms. The van der Waals surface area contributed by atoms with E-state index in [0.717, 1.165) is 16.7 Å². The van der Waals surface area contributed by atoms with Gasteiger partial charge in [0.05, 0.1) is 6.04 Å². The Balaban J connectivity index is 1.60. The first kappa shape index (κ1) is 19.9. The minimum absolute atomic E-state index is 0.262. The second-order valence-corrected chi connectivity index (χ2v) is 7.47. The predicted molar refractivity (Wildman–Crippen MR) is 113 cm³/mol. The average molecular weight is 414 g/mol. The van der Waals surface area contributed by atoms with Crippen molar-refractivity contribution in [3.63, 3.8) is 0 Å². The molecule has 2 aromatic carbocycles. The number of nitrogens with one attached hydrogen (secondary N) is 2. The van der Waals surface area contributed by atoms with Crippen molar-refractivity contribution in [2.24, 2.45) is 5.73 Å². The third-order valence-corrected chi connectivity index (χ3v) is 5.22. The van der Waals surface area contributed by atoms with Crippen molar-refractivity contribution in [3.8, 4) is 0 Å². The summed E-state index contributed by atoms with van der Waals surface area (Å²) in [6.07, 6.45) is 0.596. The zero-order valence-electron chi connectivity index (χ0n) is 15.0. The van der Waals surface area contributed by atoms with Crippen molar-refractivity contribution in [2.45, 2.75) is 12.5 Å². The molecule has 0 spiro atoms. The monoisotopic (exact) mass is 413 g/mol. The molecule has 3 amide bonds. The van der Waals surface area contributed by atoms with Crippen molar-refractivity contribution in [3.05, 3.63) is 92.6 Å². The SMILES string of the molecule is NC(=O)c1cccc(CCNC(=O)NC(c2ccc(Cl)cc2)c2ccsc2)c1. The second-order valence-electron chi connectivity index (χ2n) is 6.26. The molecule has 0 bridgehead atoms. The maximum Gasteiger partial charge on any atom is 0.315 e. The van der Waals surface area contributed by atoms with Crippen LogP contribution in [-0.2, 0) is 6.42 Å². The molecule has 0 aliphatic heterocycles. The summed E-state index contributed by atoms with van der Waals surface area (Å²) < 4.78 is 0. The standard InChI is InChI=1S/C21H20ClN3O2S/c22-18-6-4-15(5-7-18)19(17-9-11-28-13-17)25-21(27)24-10-8-14-2-1-3-16(12-14)20(23)26/h1-7,9,11-13,19H,8,10H2,(H2,23,26)(H2,24,25,27). The summed E-state index contributed by atoms with van der Waals surface area (Å²) in [5, 5.41) is 10.5. The van der Waals surface area contributed by atoms with Gasteiger partial charge in [0.2, 0.25) is 5.91 Å². The van der Waals surface area contributed by atoms with Crippen molar-refractivity contribution >= 4 is 34.9 Å². The highest BCUT2D eigenvalue weighted by Crippen LogP contribution is 2.25. The van der Waals surface area contributed by atoms with Gasteiger partial charge >= 0.3 is 6.03 Å². The maximum absolute atomic E-state index is 12.4. The van der Waals surface area contributed by atoms with Crippen LogP contribution in [0.15, 0.2) is 65.4 Å². The average Bonchev–Trinajstić information content (AvgIpc) is 3.22. The number of carbonyl (C=O) groups is 2. The van der Waals surface area contributed by atoms with E-state index in [1.165, 1.54) is 0 Å². The lowest BCUT2D eigenvalue weighted by Gasteiger charge is -2.19. The van der Waals surface area contributed by atoms with Crippen LogP contribution in [0.4, 0.5) is 4.79 Å². The number of thiophene rings is 1. The maximum atomic E-state index is 12.4. The van der Waals surface area contributed by atoms with Crippen molar-refractivity contribution in [1.82, 2.24) is 10.6 Å². The molecule has 0 aliphatic carbocycles. The largest absolute Gasteiger partial charge is 0.366 e. The molecule has 5 nitrogen and oxygen atoms in total. The van der Waals surface area contributed by atoms with Gasteiger partial charge in [0.1, 0.15) is 0 Å². The Labute approximate surface area is 172 Å². The lowest BCUT2D eigenvalue weighted by Crippen LogP contribution is -2.39. The Bertz CT molecular complexity index is 943. The molecule has 0 saturated heterocycles. The number of rotatable bonds is 7. The molecule has 0 aliphatic rings. The molecule has 144 valence electrons. The first-order valence-electron chi connectivity index (χ1n) is 8.73. The fourth-order valence-corrected chi connectivity index (χ4v) is 3.65. The van der Waals surface area contributed by atoms with Crippen molar-refractivity contribution in [1.29, 1.82) is 0 Å². The molecule has 4 N–H and O–H groups in total. The van der Waals surface area contributed by atoms with Gasteiger partial charge in [-0.05, 0) is 64.2 Å². The number of primary amides is 1. The number of hydrogen-bond donors (Lipinski definition) is 3. The topological polar surface area (TPSA) is 84.2 Å². The number of amides is 3. The summed E-state index contributed by atoms with van der Waals surface area (Å²) in [5.74, 6) is -0.464. The Morgan fingerprint density at radius 1 is 1.07 bits per heavy atom. The number of benzene rings is 2. The number of carbonyl (C=O) groups excluding carboxylic acids is 2. The van der Waals surface area contributed by atoms with E-state index in [0.29, 0.717) is 23.6 Å². The highest BCUT2D eigenvalue weighted by Gasteiger charge is 2.17. The normalized spacial score (nSPS) is 11.6. The van der Waals surface area contributed by atoms with Gasteiger partial charge in [-0.25, -0.2) is 4.79 Å². The number of halogens is 1. The van der Waals surface area contributed by atoms with Crippen LogP contribution in [0.3, 0.4) is 0 Å². The lowest BCUT2D eigenvalue weighted by atomic mass is 10.0. The number of hydrogen-bond acceptors (Lipinski definition) is 3. The van der Waals surface area contributed by atoms with Gasteiger partial charge in [-0.3, -0.25) is 4.79 Å². The Morgan fingerprint density at radius 3 is 2.54 bits per heavy atom. The first-order valence-corrected chi connectivity index (χ1v) is 10.1. The van der Waals surface area contributed by atoms with Gasteiger partial charge < -0.3 is 16.4 Å². The highest BCUT2D eigenvalue weighted by molar-refractivity contribution is 7.08. The van der Waals surface area contributed by atoms with Crippen LogP contribution in [0.5, 0.6) is 0 Å². The summed E-state index contributed by atoms with van der Waals surface area (Å²) >= 11 is 7.55. The van der Waals surface area contributed by atoms with Gasteiger partial charge in [-0.2, -0.15) is 11.3 Å². The summed E-state index contributed by atoms with van der Waals surface area (Å²) in [4.78, 5) is 23.7. The van der Waals surface area contributed by atoms with E-state index < -0.39 is 5.91 Å². The molecule has 3 rings (SSSR count). The molecule has 28 heavy (non-hydrogen) atoms. The van der Waals surface area contributed by atoms with Crippen molar-refractivity contribution in [2.75, 3.05) is 6.54 Å². The minimum atomic E-state index is -0.464. The number of urea groups is 1. The molecular weight excluding hydrogens is 394 g/mol. The first-order chi connectivity index (χ1) is 13.5. The van der Waals surface area contributed by atoms with Crippen LogP contribution in [0.25, 0.3) is 0 Å². The third-order valence-electron chi connectivity index (χ3n) is 4.27. The molecule has 3 aromatic rings. The van der Waals surface area contributed by atoms with E-state index in [4.69, 9.17) is 17.3 Å². The summed E-state index contributed by atoms with van der Waals surface area (Å²) in [6, 6.07) is 16.0. The molecule has 1 heterocycles. The molecular formula is C21H20ClN3O2S.